The molecule has 19 heteroatoms. The number of nitrogens with zero attached hydrogens (tertiary/aromatic N) is 1. The van der Waals surface area contributed by atoms with E-state index in [1.807, 2.05) is 6.26 Å². The van der Waals surface area contributed by atoms with Crippen molar-refractivity contribution in [2.24, 2.45) is 34.0 Å². The average molecular weight is 770 g/mol. The van der Waals surface area contributed by atoms with Gasteiger partial charge in [-0.2, -0.15) is 24.4 Å². The van der Waals surface area contributed by atoms with E-state index in [2.05, 4.69) is 44.2 Å². The topological polar surface area (TPSA) is 293 Å². The van der Waals surface area contributed by atoms with E-state index in [0.717, 1.165) is 0 Å². The van der Waals surface area contributed by atoms with Crippen molar-refractivity contribution in [3.63, 3.8) is 0 Å². The molecule has 0 aliphatic heterocycles. The minimum absolute atomic E-state index is 0.0134. The van der Waals surface area contributed by atoms with Crippen LogP contribution in [0.2, 0.25) is 0 Å². The third-order valence-corrected chi connectivity index (χ3v) is 8.86. The summed E-state index contributed by atoms with van der Waals surface area (Å²) in [6, 6.07) is -0.939. The van der Waals surface area contributed by atoms with Gasteiger partial charge >= 0.3 is 5.97 Å². The van der Waals surface area contributed by atoms with Crippen molar-refractivity contribution in [1.29, 1.82) is 0 Å². The quantitative estimate of drug-likeness (QED) is 0.0272. The van der Waals surface area contributed by atoms with Gasteiger partial charge in [-0.25, -0.2) is 4.79 Å². The maximum Gasteiger partial charge on any atom is 0.326 e. The smallest absolute Gasteiger partial charge is 0.326 e. The maximum absolute atomic E-state index is 13.8. The number of hydrogen-bond donors (Lipinski definition) is 11. The SMILES string of the molecule is CSCC[C@H](NC(=O)[C@@H](NC(=O)[C@@H](NC(=O)[C@H](Cc1ccc(O)cc1)NC(=O)[C@H](CS)NC(=O)[C@@H](N)CCCN=C(N)N)C(C)C)C(C)C)C(=O)O. The molecule has 1 aromatic rings. The molecule has 13 N–H and O–H groups in total. The molecule has 0 bridgehead atoms. The first-order valence-corrected chi connectivity index (χ1v) is 18.9. The Morgan fingerprint density at radius 2 is 1.27 bits per heavy atom. The molecule has 292 valence electrons. The summed E-state index contributed by atoms with van der Waals surface area (Å²) in [5, 5.41) is 32.3. The number of aromatic hydroxyl groups is 1. The van der Waals surface area contributed by atoms with Crippen LogP contribution in [0.15, 0.2) is 29.3 Å². The van der Waals surface area contributed by atoms with Crippen molar-refractivity contribution in [1.82, 2.24) is 26.6 Å². The number of benzene rings is 1. The van der Waals surface area contributed by atoms with Crippen LogP contribution in [0.1, 0.15) is 52.5 Å². The first kappa shape index (κ1) is 45.8. The highest BCUT2D eigenvalue weighted by molar-refractivity contribution is 7.98. The normalized spacial score (nSPS) is 14.6. The molecule has 0 unspecified atom stereocenters. The Morgan fingerprint density at radius 1 is 0.769 bits per heavy atom. The van der Waals surface area contributed by atoms with Crippen molar-refractivity contribution in [2.45, 2.75) is 89.6 Å². The van der Waals surface area contributed by atoms with E-state index < -0.39 is 83.6 Å². The Labute approximate surface area is 314 Å². The van der Waals surface area contributed by atoms with E-state index in [1.54, 1.807) is 39.8 Å². The second-order valence-electron chi connectivity index (χ2n) is 12.9. The van der Waals surface area contributed by atoms with Crippen molar-refractivity contribution in [3.05, 3.63) is 29.8 Å². The van der Waals surface area contributed by atoms with Gasteiger partial charge in [-0.1, -0.05) is 39.8 Å². The molecule has 1 rings (SSSR count). The number of thioether (sulfide) groups is 1. The molecule has 0 spiro atoms. The molecule has 0 aliphatic carbocycles. The Kier molecular flexibility index (Phi) is 20.6. The Bertz CT molecular complexity index is 1380. The number of aliphatic carboxylic acids is 1. The maximum atomic E-state index is 13.8. The van der Waals surface area contributed by atoms with Crippen molar-refractivity contribution < 1.29 is 39.0 Å². The molecule has 0 saturated carbocycles. The molecule has 1 aromatic carbocycles. The van der Waals surface area contributed by atoms with E-state index in [0.29, 0.717) is 17.7 Å². The lowest BCUT2D eigenvalue weighted by Crippen LogP contribution is -2.61. The summed E-state index contributed by atoms with van der Waals surface area (Å²) in [4.78, 5) is 82.4. The third kappa shape index (κ3) is 16.4. The third-order valence-electron chi connectivity index (χ3n) is 7.85. The minimum atomic E-state index is -1.27. The fourth-order valence-electron chi connectivity index (χ4n) is 4.79. The van der Waals surface area contributed by atoms with Gasteiger partial charge in [0.25, 0.3) is 0 Å². The molecule has 0 saturated heterocycles. The van der Waals surface area contributed by atoms with E-state index in [4.69, 9.17) is 17.2 Å². The summed E-state index contributed by atoms with van der Waals surface area (Å²) >= 11 is 5.63. The van der Waals surface area contributed by atoms with Gasteiger partial charge in [0.15, 0.2) is 5.96 Å². The molecule has 52 heavy (non-hydrogen) atoms. The van der Waals surface area contributed by atoms with Gasteiger partial charge in [-0.3, -0.25) is 29.0 Å². The van der Waals surface area contributed by atoms with E-state index in [9.17, 15) is 39.0 Å². The van der Waals surface area contributed by atoms with Gasteiger partial charge < -0.3 is 54.0 Å². The number of guanidine groups is 1. The molecule has 0 heterocycles. The van der Waals surface area contributed by atoms with Crippen LogP contribution in [0.25, 0.3) is 0 Å². The average Bonchev–Trinajstić information content (AvgIpc) is 3.08. The number of nitrogens with two attached hydrogens (primary N) is 3. The van der Waals surface area contributed by atoms with Crippen LogP contribution in [0.4, 0.5) is 0 Å². The monoisotopic (exact) mass is 769 g/mol. The van der Waals surface area contributed by atoms with Gasteiger partial charge in [0, 0.05) is 18.7 Å². The number of aliphatic imine (C=N–C) groups is 1. The molecular weight excluding hydrogens is 715 g/mol. The highest BCUT2D eigenvalue weighted by atomic mass is 32.2. The summed E-state index contributed by atoms with van der Waals surface area (Å²) in [6.07, 6.45) is 2.57. The number of rotatable bonds is 23. The van der Waals surface area contributed by atoms with Crippen LogP contribution < -0.4 is 43.8 Å². The Hall–Kier alpha value is -4.23. The van der Waals surface area contributed by atoms with Crippen LogP contribution in [-0.2, 0) is 35.2 Å². The molecule has 0 aromatic heterocycles. The van der Waals surface area contributed by atoms with Crippen LogP contribution in [0, 0.1) is 11.8 Å². The van der Waals surface area contributed by atoms with E-state index >= 15 is 0 Å². The molecule has 17 nitrogen and oxygen atoms in total. The van der Waals surface area contributed by atoms with E-state index in [1.165, 1.54) is 23.9 Å². The van der Waals surface area contributed by atoms with Gasteiger partial charge in [-0.15, -0.1) is 0 Å². The lowest BCUT2D eigenvalue weighted by molar-refractivity contribution is -0.142. The second-order valence-corrected chi connectivity index (χ2v) is 14.2. The minimum Gasteiger partial charge on any atom is -0.508 e. The summed E-state index contributed by atoms with van der Waals surface area (Å²) in [7, 11) is 0. The zero-order valence-electron chi connectivity index (χ0n) is 30.3. The first-order chi connectivity index (χ1) is 24.4. The van der Waals surface area contributed by atoms with E-state index in [-0.39, 0.29) is 43.3 Å². The number of carbonyl (C=O) groups is 6. The zero-order chi connectivity index (χ0) is 39.5. The van der Waals surface area contributed by atoms with Gasteiger partial charge in [0.05, 0.1) is 6.04 Å². The lowest BCUT2D eigenvalue weighted by atomic mass is 9.98. The molecule has 0 radical (unpaired) electrons. The standard InChI is InChI=1S/C33H55N9O8S2/c1-17(2)25(30(47)38-22(32(49)50)12-14-52-5)42-31(48)26(18(3)4)41-28(45)23(15-19-8-10-20(43)11-9-19)39-29(46)24(16-51)40-27(44)21(34)7-6-13-37-33(35)36/h8-11,17-18,21-26,43,51H,6-7,12-16,34H2,1-5H3,(H,38,47)(H,39,46)(H,40,44)(H,41,45)(H,42,48)(H,49,50)(H4,35,36,37)/t21-,22-,23-,24-,25-,26-/m0/s1. The summed E-state index contributed by atoms with van der Waals surface area (Å²) in [5.74, 6) is -5.38. The number of phenolic OH excluding ortho intramolecular Hbond substituents is 1. The number of hydrogen-bond acceptors (Lipinski definition) is 11. The molecule has 6 atom stereocenters. The number of nitrogens with one attached hydrogen (secondary N) is 5. The summed E-state index contributed by atoms with van der Waals surface area (Å²) in [6.45, 7) is 6.99. The number of carboxylic acids is 1. The highest BCUT2D eigenvalue weighted by Crippen LogP contribution is 2.13. The summed E-state index contributed by atoms with van der Waals surface area (Å²) < 4.78 is 0. The first-order valence-electron chi connectivity index (χ1n) is 16.8. The molecule has 0 aliphatic rings. The van der Waals surface area contributed by atoms with Crippen LogP contribution in [0.3, 0.4) is 0 Å². The molecule has 0 fully saturated rings. The van der Waals surface area contributed by atoms with Gasteiger partial charge in [0.2, 0.25) is 29.5 Å². The number of phenols is 1. The van der Waals surface area contributed by atoms with Crippen LogP contribution in [0.5, 0.6) is 5.75 Å². The van der Waals surface area contributed by atoms with Gasteiger partial charge in [0.1, 0.15) is 36.0 Å². The predicted molar refractivity (Wildman–Crippen MR) is 204 cm³/mol. The van der Waals surface area contributed by atoms with Crippen molar-refractivity contribution in [3.8, 4) is 5.75 Å². The second kappa shape index (κ2) is 23.4. The summed E-state index contributed by atoms with van der Waals surface area (Å²) in [5.41, 5.74) is 17.2. The predicted octanol–water partition coefficient (Wildman–Crippen LogP) is -1.18. The number of carbonyl (C=O) groups excluding carboxylic acids is 5. The Morgan fingerprint density at radius 3 is 1.77 bits per heavy atom. The Balaban J connectivity index is 3.20. The molecular formula is C33H55N9O8S2. The number of amides is 5. The van der Waals surface area contributed by atoms with Gasteiger partial charge in [-0.05, 0) is 60.8 Å². The fraction of sp³-hybridized carbons (Fsp3) is 0.606. The number of carboxylic acid groups (broad SMARTS) is 1. The molecule has 5 amide bonds. The fourth-order valence-corrected chi connectivity index (χ4v) is 5.52. The van der Waals surface area contributed by atoms with Crippen LogP contribution >= 0.6 is 24.4 Å². The van der Waals surface area contributed by atoms with Crippen LogP contribution in [-0.4, -0.2) is 112 Å². The van der Waals surface area contributed by atoms with Crippen molar-refractivity contribution in [2.75, 3.05) is 24.3 Å². The zero-order valence-corrected chi connectivity index (χ0v) is 32.0. The lowest BCUT2D eigenvalue weighted by Gasteiger charge is -2.29. The highest BCUT2D eigenvalue weighted by Gasteiger charge is 2.34. The number of thiol groups is 1. The largest absolute Gasteiger partial charge is 0.508 e. The van der Waals surface area contributed by atoms with Crippen molar-refractivity contribution >= 4 is 65.9 Å².